The molecule has 0 radical (unpaired) electrons. The Hall–Kier alpha value is -3.68. The molecule has 26 heavy (non-hydrogen) atoms. The van der Waals surface area contributed by atoms with Crippen molar-refractivity contribution in [3.8, 4) is 17.0 Å². The van der Waals surface area contributed by atoms with Crippen LogP contribution >= 0.6 is 0 Å². The number of benzene rings is 1. The molecule has 2 aromatic heterocycles. The van der Waals surface area contributed by atoms with Crippen molar-refractivity contribution in [2.45, 2.75) is 0 Å². The number of aromatic nitrogens is 3. The molecule has 0 aliphatic heterocycles. The summed E-state index contributed by atoms with van der Waals surface area (Å²) in [5.41, 5.74) is 2.20. The highest BCUT2D eigenvalue weighted by atomic mass is 16.5. The lowest BCUT2D eigenvalue weighted by Gasteiger charge is -2.13. The minimum Gasteiger partial charge on any atom is -0.495 e. The molecule has 8 heteroatoms. The van der Waals surface area contributed by atoms with E-state index >= 15 is 0 Å². The summed E-state index contributed by atoms with van der Waals surface area (Å²) in [6.45, 7) is -0.284. The number of carboxylic acids is 1. The van der Waals surface area contributed by atoms with E-state index in [0.717, 1.165) is 11.3 Å². The zero-order chi connectivity index (χ0) is 18.4. The van der Waals surface area contributed by atoms with Crippen LogP contribution in [0.2, 0.25) is 0 Å². The number of hydrogen-bond acceptors (Lipinski definition) is 7. The van der Waals surface area contributed by atoms with Gasteiger partial charge in [-0.05, 0) is 24.3 Å². The van der Waals surface area contributed by atoms with E-state index in [1.165, 1.54) is 0 Å². The van der Waals surface area contributed by atoms with Crippen molar-refractivity contribution in [1.29, 1.82) is 0 Å². The summed E-state index contributed by atoms with van der Waals surface area (Å²) in [7, 11) is 1.59. The first-order valence-corrected chi connectivity index (χ1v) is 7.81. The molecule has 0 fully saturated rings. The Morgan fingerprint density at radius 3 is 2.65 bits per heavy atom. The van der Waals surface area contributed by atoms with Crippen LogP contribution in [0, 0.1) is 0 Å². The lowest BCUT2D eigenvalue weighted by molar-refractivity contribution is -0.134. The largest absolute Gasteiger partial charge is 0.495 e. The maximum atomic E-state index is 10.8. The fraction of sp³-hybridized carbons (Fsp3) is 0.111. The smallest absolute Gasteiger partial charge is 0.322 e. The van der Waals surface area contributed by atoms with Gasteiger partial charge in [-0.15, -0.1) is 0 Å². The van der Waals surface area contributed by atoms with Gasteiger partial charge in [0.15, 0.2) is 0 Å². The minimum absolute atomic E-state index is 0.208. The van der Waals surface area contributed by atoms with Crippen molar-refractivity contribution in [2.75, 3.05) is 24.3 Å². The number of aliphatic carboxylic acids is 1. The summed E-state index contributed by atoms with van der Waals surface area (Å²) in [6.07, 6.45) is 3.32. The summed E-state index contributed by atoms with van der Waals surface area (Å²) in [5, 5.41) is 14.8. The number of nitrogens with one attached hydrogen (secondary N) is 2. The second-order valence-corrected chi connectivity index (χ2v) is 5.27. The number of carbonyl (C=O) groups is 1. The molecule has 3 aromatic rings. The van der Waals surface area contributed by atoms with E-state index in [2.05, 4.69) is 25.6 Å². The normalized spacial score (nSPS) is 10.2. The molecular weight excluding hydrogens is 334 g/mol. The summed E-state index contributed by atoms with van der Waals surface area (Å²) in [4.78, 5) is 23.5. The molecule has 0 amide bonds. The third-order valence-electron chi connectivity index (χ3n) is 3.47. The van der Waals surface area contributed by atoms with Gasteiger partial charge in [-0.1, -0.05) is 12.1 Å². The van der Waals surface area contributed by atoms with Gasteiger partial charge in [-0.3, -0.25) is 9.78 Å². The fourth-order valence-electron chi connectivity index (χ4n) is 2.30. The van der Waals surface area contributed by atoms with Crippen LogP contribution in [0.25, 0.3) is 11.3 Å². The van der Waals surface area contributed by atoms with Gasteiger partial charge < -0.3 is 20.5 Å². The van der Waals surface area contributed by atoms with Crippen molar-refractivity contribution >= 4 is 23.4 Å². The summed E-state index contributed by atoms with van der Waals surface area (Å²) in [6, 6.07) is 12.8. The van der Waals surface area contributed by atoms with E-state index in [9.17, 15) is 4.79 Å². The molecule has 0 saturated carbocycles. The first-order valence-electron chi connectivity index (χ1n) is 7.81. The zero-order valence-corrected chi connectivity index (χ0v) is 14.0. The van der Waals surface area contributed by atoms with Crippen molar-refractivity contribution in [1.82, 2.24) is 15.0 Å². The molecule has 8 nitrogen and oxygen atoms in total. The second kappa shape index (κ2) is 7.93. The number of methoxy groups -OCH3 is 1. The van der Waals surface area contributed by atoms with Crippen LogP contribution in [0.4, 0.5) is 17.5 Å². The Balaban J connectivity index is 1.97. The standard InChI is InChI=1S/C18H17N5O3/c1-26-15-5-3-2-4-13(15)21-16-10-14(12-6-8-19-9-7-12)22-18(23-16)20-11-17(24)25/h2-10H,11H2,1H3,(H,24,25)(H2,20,21,22,23). The van der Waals surface area contributed by atoms with E-state index in [0.29, 0.717) is 17.3 Å². The molecular formula is C18H17N5O3. The summed E-state index contributed by atoms with van der Waals surface area (Å²) >= 11 is 0. The lowest BCUT2D eigenvalue weighted by Crippen LogP contribution is -2.15. The molecule has 0 atom stereocenters. The molecule has 132 valence electrons. The van der Waals surface area contributed by atoms with E-state index < -0.39 is 5.97 Å². The molecule has 1 aromatic carbocycles. The predicted molar refractivity (Wildman–Crippen MR) is 97.7 cm³/mol. The molecule has 0 aliphatic rings. The lowest BCUT2D eigenvalue weighted by atomic mass is 10.2. The Morgan fingerprint density at radius 2 is 1.92 bits per heavy atom. The molecule has 0 unspecified atom stereocenters. The van der Waals surface area contributed by atoms with Gasteiger partial charge in [0.2, 0.25) is 5.95 Å². The van der Waals surface area contributed by atoms with Gasteiger partial charge in [-0.25, -0.2) is 4.98 Å². The predicted octanol–water partition coefficient (Wildman–Crippen LogP) is 2.79. The van der Waals surface area contributed by atoms with Crippen LogP contribution in [0.1, 0.15) is 0 Å². The Kier molecular flexibility index (Phi) is 5.23. The third kappa shape index (κ3) is 4.23. The Bertz CT molecular complexity index is 902. The number of ether oxygens (including phenoxy) is 1. The molecule has 2 heterocycles. The van der Waals surface area contributed by atoms with E-state index in [-0.39, 0.29) is 12.5 Å². The van der Waals surface area contributed by atoms with Crippen LogP contribution in [0.15, 0.2) is 54.9 Å². The number of rotatable bonds is 7. The summed E-state index contributed by atoms with van der Waals surface area (Å²) < 4.78 is 5.33. The monoisotopic (exact) mass is 351 g/mol. The Labute approximate surface area is 149 Å². The van der Waals surface area contributed by atoms with Crippen LogP contribution in [-0.4, -0.2) is 39.7 Å². The highest BCUT2D eigenvalue weighted by molar-refractivity contribution is 5.73. The van der Waals surface area contributed by atoms with Crippen LogP contribution in [0.3, 0.4) is 0 Å². The summed E-state index contributed by atoms with van der Waals surface area (Å²) in [5.74, 6) is 0.377. The zero-order valence-electron chi connectivity index (χ0n) is 14.0. The van der Waals surface area contributed by atoms with Crippen LogP contribution < -0.4 is 15.4 Å². The Morgan fingerprint density at radius 1 is 1.15 bits per heavy atom. The van der Waals surface area contributed by atoms with Crippen molar-refractivity contribution in [2.24, 2.45) is 0 Å². The van der Waals surface area contributed by atoms with Crippen LogP contribution in [0.5, 0.6) is 5.75 Å². The first-order chi connectivity index (χ1) is 12.7. The second-order valence-electron chi connectivity index (χ2n) is 5.27. The SMILES string of the molecule is COc1ccccc1Nc1cc(-c2ccncc2)nc(NCC(=O)O)n1. The maximum absolute atomic E-state index is 10.8. The van der Waals surface area contributed by atoms with Gasteiger partial charge in [0.05, 0.1) is 18.5 Å². The van der Waals surface area contributed by atoms with E-state index in [4.69, 9.17) is 9.84 Å². The van der Waals surface area contributed by atoms with Crippen molar-refractivity contribution < 1.29 is 14.6 Å². The van der Waals surface area contributed by atoms with Crippen molar-refractivity contribution in [3.63, 3.8) is 0 Å². The third-order valence-corrected chi connectivity index (χ3v) is 3.47. The average molecular weight is 351 g/mol. The van der Waals surface area contributed by atoms with Crippen molar-refractivity contribution in [3.05, 3.63) is 54.9 Å². The highest BCUT2D eigenvalue weighted by Gasteiger charge is 2.10. The maximum Gasteiger partial charge on any atom is 0.322 e. The van der Waals surface area contributed by atoms with Gasteiger partial charge in [0.25, 0.3) is 0 Å². The number of para-hydroxylation sites is 2. The number of carboxylic acid groups (broad SMARTS) is 1. The molecule has 0 spiro atoms. The highest BCUT2D eigenvalue weighted by Crippen LogP contribution is 2.28. The molecule has 0 bridgehead atoms. The molecule has 3 N–H and O–H groups in total. The number of nitrogens with zero attached hydrogens (tertiary/aromatic N) is 3. The molecule has 0 aliphatic carbocycles. The topological polar surface area (TPSA) is 109 Å². The fourth-order valence-corrected chi connectivity index (χ4v) is 2.30. The van der Waals surface area contributed by atoms with Crippen LogP contribution in [-0.2, 0) is 4.79 Å². The van der Waals surface area contributed by atoms with E-state index in [1.54, 1.807) is 25.6 Å². The van der Waals surface area contributed by atoms with Gasteiger partial charge in [0.1, 0.15) is 18.1 Å². The van der Waals surface area contributed by atoms with Gasteiger partial charge in [0, 0.05) is 24.0 Å². The molecule has 0 saturated heterocycles. The van der Waals surface area contributed by atoms with E-state index in [1.807, 2.05) is 36.4 Å². The van der Waals surface area contributed by atoms with Gasteiger partial charge >= 0.3 is 5.97 Å². The number of hydrogen-bond donors (Lipinski definition) is 3. The average Bonchev–Trinajstić information content (AvgIpc) is 2.67. The molecule has 3 rings (SSSR count). The van der Waals surface area contributed by atoms with Gasteiger partial charge in [-0.2, -0.15) is 4.98 Å². The number of pyridine rings is 1. The number of anilines is 3. The minimum atomic E-state index is -0.998. The quantitative estimate of drug-likeness (QED) is 0.596. The first kappa shape index (κ1) is 17.2.